The minimum absolute atomic E-state index is 0.455. The lowest BCUT2D eigenvalue weighted by atomic mass is 9.74. The minimum Gasteiger partial charge on any atom is -0.122 e. The van der Waals surface area contributed by atoms with Crippen molar-refractivity contribution in [1.82, 2.24) is 0 Å². The Morgan fingerprint density at radius 3 is 2.45 bits per heavy atom. The Balaban J connectivity index is 1.72. The SMILES string of the molecule is BrCC(CBr)(CC1Cc2ccccc2S1)C1CCCC1. The van der Waals surface area contributed by atoms with Gasteiger partial charge in [-0.05, 0) is 48.6 Å². The van der Waals surface area contributed by atoms with Gasteiger partial charge in [0.15, 0.2) is 0 Å². The summed E-state index contributed by atoms with van der Waals surface area (Å²) >= 11 is 9.80. The van der Waals surface area contributed by atoms with Crippen LogP contribution < -0.4 is 0 Å². The summed E-state index contributed by atoms with van der Waals surface area (Å²) in [5.41, 5.74) is 2.02. The van der Waals surface area contributed by atoms with E-state index < -0.39 is 0 Å². The molecule has 1 aliphatic carbocycles. The van der Waals surface area contributed by atoms with E-state index >= 15 is 0 Å². The predicted molar refractivity (Wildman–Crippen MR) is 96.4 cm³/mol. The highest BCUT2D eigenvalue weighted by Gasteiger charge is 2.41. The largest absolute Gasteiger partial charge is 0.122 e. The fourth-order valence-corrected chi connectivity index (χ4v) is 7.69. The first kappa shape index (κ1) is 15.4. The van der Waals surface area contributed by atoms with E-state index in [9.17, 15) is 0 Å². The van der Waals surface area contributed by atoms with E-state index in [1.807, 2.05) is 0 Å². The lowest BCUT2D eigenvalue weighted by molar-refractivity contribution is 0.215. The summed E-state index contributed by atoms with van der Waals surface area (Å²) in [6.45, 7) is 0. The quantitative estimate of drug-likeness (QED) is 0.524. The van der Waals surface area contributed by atoms with Crippen molar-refractivity contribution in [3.8, 4) is 0 Å². The van der Waals surface area contributed by atoms with E-state index in [4.69, 9.17) is 0 Å². The van der Waals surface area contributed by atoms with Gasteiger partial charge in [-0.1, -0.05) is 62.9 Å². The monoisotopic (exact) mass is 416 g/mol. The summed E-state index contributed by atoms with van der Waals surface area (Å²) in [7, 11) is 0. The third-order valence-electron chi connectivity index (χ3n) is 5.10. The molecule has 0 nitrogen and oxygen atoms in total. The van der Waals surface area contributed by atoms with Gasteiger partial charge in [0.05, 0.1) is 0 Å². The number of fused-ring (bicyclic) bond motifs is 1. The fourth-order valence-electron chi connectivity index (χ4n) is 3.89. The third-order valence-corrected chi connectivity index (χ3v) is 8.65. The van der Waals surface area contributed by atoms with Crippen molar-refractivity contribution >= 4 is 43.6 Å². The number of rotatable bonds is 5. The van der Waals surface area contributed by atoms with Crippen LogP contribution in [0.1, 0.15) is 37.7 Å². The van der Waals surface area contributed by atoms with E-state index in [-0.39, 0.29) is 0 Å². The Kier molecular flexibility index (Phi) is 5.20. The number of thioether (sulfide) groups is 1. The van der Waals surface area contributed by atoms with Crippen molar-refractivity contribution in [3.05, 3.63) is 29.8 Å². The van der Waals surface area contributed by atoms with E-state index in [1.54, 1.807) is 5.56 Å². The Morgan fingerprint density at radius 2 is 1.80 bits per heavy atom. The average molecular weight is 418 g/mol. The highest BCUT2D eigenvalue weighted by Crippen LogP contribution is 2.50. The summed E-state index contributed by atoms with van der Waals surface area (Å²) in [5, 5.41) is 3.05. The molecule has 1 aliphatic heterocycles. The van der Waals surface area contributed by atoms with Gasteiger partial charge in [0.1, 0.15) is 0 Å². The molecule has 110 valence electrons. The summed E-state index contributed by atoms with van der Waals surface area (Å²) in [6.07, 6.45) is 8.33. The van der Waals surface area contributed by atoms with Crippen molar-refractivity contribution < 1.29 is 0 Å². The molecule has 0 bridgehead atoms. The van der Waals surface area contributed by atoms with Crippen LogP contribution >= 0.6 is 43.6 Å². The molecule has 1 fully saturated rings. The zero-order valence-electron chi connectivity index (χ0n) is 11.8. The van der Waals surface area contributed by atoms with Crippen LogP contribution in [0.5, 0.6) is 0 Å². The lowest BCUT2D eigenvalue weighted by Crippen LogP contribution is -2.36. The second-order valence-electron chi connectivity index (χ2n) is 6.37. The summed E-state index contributed by atoms with van der Waals surface area (Å²) in [4.78, 5) is 1.52. The smallest absolute Gasteiger partial charge is 0.0141 e. The van der Waals surface area contributed by atoms with Crippen LogP contribution in [0.15, 0.2) is 29.2 Å². The van der Waals surface area contributed by atoms with Crippen LogP contribution in [0, 0.1) is 11.3 Å². The zero-order valence-corrected chi connectivity index (χ0v) is 15.8. The first-order valence-corrected chi connectivity index (χ1v) is 10.8. The maximum absolute atomic E-state index is 3.85. The molecular formula is C17H22Br2S. The molecule has 1 unspecified atom stereocenters. The molecule has 1 saturated carbocycles. The van der Waals surface area contributed by atoms with Gasteiger partial charge in [-0.3, -0.25) is 0 Å². The standard InChI is InChI=1S/C17H22Br2S/c18-11-17(12-19,14-6-2-3-7-14)10-15-9-13-5-1-4-8-16(13)20-15/h1,4-5,8,14-15H,2-3,6-7,9-12H2. The van der Waals surface area contributed by atoms with Crippen LogP contribution in [-0.4, -0.2) is 15.9 Å². The molecular weight excluding hydrogens is 396 g/mol. The molecule has 1 aromatic carbocycles. The molecule has 0 saturated heterocycles. The molecule has 1 aromatic rings. The van der Waals surface area contributed by atoms with E-state index in [2.05, 4.69) is 67.9 Å². The van der Waals surface area contributed by atoms with Crippen LogP contribution in [0.25, 0.3) is 0 Å². The van der Waals surface area contributed by atoms with E-state index in [0.29, 0.717) is 5.41 Å². The first-order valence-electron chi connectivity index (χ1n) is 7.64. The van der Waals surface area contributed by atoms with Crippen molar-refractivity contribution in [2.75, 3.05) is 10.7 Å². The molecule has 0 aromatic heterocycles. The molecule has 0 amide bonds. The molecule has 0 spiro atoms. The van der Waals surface area contributed by atoms with Gasteiger partial charge < -0.3 is 0 Å². The van der Waals surface area contributed by atoms with Crippen molar-refractivity contribution in [2.24, 2.45) is 11.3 Å². The van der Waals surface area contributed by atoms with Gasteiger partial charge in [0.2, 0.25) is 0 Å². The summed E-state index contributed by atoms with van der Waals surface area (Å²) in [5.74, 6) is 0.908. The second-order valence-corrected chi connectivity index (χ2v) is 8.83. The molecule has 1 heterocycles. The molecule has 0 N–H and O–H groups in total. The van der Waals surface area contributed by atoms with Crippen LogP contribution in [-0.2, 0) is 6.42 Å². The average Bonchev–Trinajstić information content (AvgIpc) is 3.13. The number of alkyl halides is 2. The van der Waals surface area contributed by atoms with Gasteiger partial charge in [-0.2, -0.15) is 0 Å². The Labute approximate surface area is 143 Å². The van der Waals surface area contributed by atoms with Crippen molar-refractivity contribution in [1.29, 1.82) is 0 Å². The van der Waals surface area contributed by atoms with Crippen LogP contribution in [0.3, 0.4) is 0 Å². The molecule has 20 heavy (non-hydrogen) atoms. The number of hydrogen-bond donors (Lipinski definition) is 0. The predicted octanol–water partition coefficient (Wildman–Crippen LogP) is 6.06. The summed E-state index contributed by atoms with van der Waals surface area (Å²) in [6, 6.07) is 8.95. The Hall–Kier alpha value is 0.530. The topological polar surface area (TPSA) is 0 Å². The summed E-state index contributed by atoms with van der Waals surface area (Å²) < 4.78 is 0. The van der Waals surface area contributed by atoms with Crippen LogP contribution in [0.4, 0.5) is 0 Å². The van der Waals surface area contributed by atoms with E-state index in [1.165, 1.54) is 43.4 Å². The number of benzene rings is 1. The fraction of sp³-hybridized carbons (Fsp3) is 0.647. The highest BCUT2D eigenvalue weighted by atomic mass is 79.9. The third kappa shape index (κ3) is 3.01. The molecule has 1 atom stereocenters. The normalized spacial score (nSPS) is 23.2. The maximum atomic E-state index is 3.85. The molecule has 0 radical (unpaired) electrons. The first-order chi connectivity index (χ1) is 9.77. The van der Waals surface area contributed by atoms with Gasteiger partial charge in [0.25, 0.3) is 0 Å². The molecule has 3 rings (SSSR count). The zero-order chi connectivity index (χ0) is 14.0. The van der Waals surface area contributed by atoms with Gasteiger partial charge in [-0.25, -0.2) is 0 Å². The molecule has 3 heteroatoms. The Bertz CT molecular complexity index is 425. The van der Waals surface area contributed by atoms with Crippen LogP contribution in [0.2, 0.25) is 0 Å². The van der Waals surface area contributed by atoms with E-state index in [0.717, 1.165) is 21.8 Å². The number of halogens is 2. The molecule has 2 aliphatic rings. The highest BCUT2D eigenvalue weighted by molar-refractivity contribution is 9.09. The lowest BCUT2D eigenvalue weighted by Gasteiger charge is -2.38. The maximum Gasteiger partial charge on any atom is 0.0141 e. The number of hydrogen-bond acceptors (Lipinski definition) is 1. The van der Waals surface area contributed by atoms with Crippen molar-refractivity contribution in [2.45, 2.75) is 48.7 Å². The van der Waals surface area contributed by atoms with Crippen molar-refractivity contribution in [3.63, 3.8) is 0 Å². The minimum atomic E-state index is 0.455. The van der Waals surface area contributed by atoms with Gasteiger partial charge in [-0.15, -0.1) is 11.8 Å². The van der Waals surface area contributed by atoms with Gasteiger partial charge in [0, 0.05) is 20.8 Å². The second kappa shape index (κ2) is 6.75. The van der Waals surface area contributed by atoms with Gasteiger partial charge >= 0.3 is 0 Å². The Morgan fingerprint density at radius 1 is 1.10 bits per heavy atom.